The number of fused-ring (bicyclic) bond motifs is 1. The van der Waals surface area contributed by atoms with Gasteiger partial charge in [0.1, 0.15) is 6.04 Å². The molecule has 3 N–H and O–H groups in total. The molecule has 138 valence electrons. The number of hydrogen-bond donors (Lipinski definition) is 3. The summed E-state index contributed by atoms with van der Waals surface area (Å²) in [5, 5.41) is 15.8. The average Bonchev–Trinajstić information content (AvgIpc) is 2.71. The summed E-state index contributed by atoms with van der Waals surface area (Å²) in [7, 11) is 0. The van der Waals surface area contributed by atoms with Gasteiger partial charge in [-0.2, -0.15) is 0 Å². The first-order valence-corrected chi connectivity index (χ1v) is 8.70. The Morgan fingerprint density at radius 1 is 1.04 bits per heavy atom. The van der Waals surface area contributed by atoms with Crippen LogP contribution in [0.4, 0.5) is 5.69 Å². The predicted octanol–water partition coefficient (Wildman–Crippen LogP) is 2.45. The molecule has 0 aliphatic rings. The number of pyridine rings is 1. The summed E-state index contributed by atoms with van der Waals surface area (Å²) < 4.78 is 0. The molecule has 0 aliphatic carbocycles. The maximum atomic E-state index is 12.5. The number of hydrogen-bond acceptors (Lipinski definition) is 4. The largest absolute Gasteiger partial charge is 0.394 e. The summed E-state index contributed by atoms with van der Waals surface area (Å²) in [6.07, 6.45) is 1.70. The normalized spacial score (nSPS) is 13.0. The van der Waals surface area contributed by atoms with Gasteiger partial charge in [-0.3, -0.25) is 14.6 Å². The Morgan fingerprint density at radius 2 is 1.81 bits per heavy atom. The first-order valence-electron chi connectivity index (χ1n) is 8.70. The minimum absolute atomic E-state index is 0.321. The molecular formula is C21H21N3O3. The molecule has 3 rings (SSSR count). The lowest BCUT2D eigenvalue weighted by atomic mass is 10.00. The van der Waals surface area contributed by atoms with Gasteiger partial charge in [-0.25, -0.2) is 0 Å². The van der Waals surface area contributed by atoms with Crippen LogP contribution in [0, 0.1) is 0 Å². The number of carbonyl (C=O) groups excluding carboxylic acids is 2. The fourth-order valence-electron chi connectivity index (χ4n) is 2.77. The number of amides is 2. The first kappa shape index (κ1) is 18.5. The van der Waals surface area contributed by atoms with Crippen LogP contribution in [0.15, 0.2) is 66.9 Å². The van der Waals surface area contributed by atoms with E-state index in [4.69, 9.17) is 0 Å². The maximum Gasteiger partial charge on any atom is 0.249 e. The summed E-state index contributed by atoms with van der Waals surface area (Å²) in [4.78, 5) is 29.1. The number of aromatic nitrogens is 1. The van der Waals surface area contributed by atoms with Crippen LogP contribution >= 0.6 is 0 Å². The van der Waals surface area contributed by atoms with E-state index in [0.29, 0.717) is 5.69 Å². The molecule has 0 fully saturated rings. The highest BCUT2D eigenvalue weighted by atomic mass is 16.3. The lowest BCUT2D eigenvalue weighted by Gasteiger charge is -2.19. The minimum Gasteiger partial charge on any atom is -0.394 e. The van der Waals surface area contributed by atoms with Crippen LogP contribution in [0.3, 0.4) is 0 Å². The zero-order valence-corrected chi connectivity index (χ0v) is 14.9. The number of aliphatic hydroxyl groups excluding tert-OH is 1. The van der Waals surface area contributed by atoms with E-state index in [1.54, 1.807) is 31.3 Å². The van der Waals surface area contributed by atoms with E-state index >= 15 is 0 Å². The molecule has 2 atom stereocenters. The third-order valence-corrected chi connectivity index (χ3v) is 4.38. The lowest BCUT2D eigenvalue weighted by Crippen LogP contribution is -2.47. The van der Waals surface area contributed by atoms with Crippen molar-refractivity contribution in [2.45, 2.75) is 18.9 Å². The number of carbonyl (C=O) groups is 2. The van der Waals surface area contributed by atoms with Crippen molar-refractivity contribution in [1.82, 2.24) is 10.3 Å². The fraction of sp³-hybridized carbons (Fsp3) is 0.190. The summed E-state index contributed by atoms with van der Waals surface area (Å²) >= 11 is 0. The van der Waals surface area contributed by atoms with E-state index in [1.165, 1.54) is 0 Å². The van der Waals surface area contributed by atoms with Crippen molar-refractivity contribution < 1.29 is 14.7 Å². The summed E-state index contributed by atoms with van der Waals surface area (Å²) in [6, 6.07) is 17.3. The molecule has 27 heavy (non-hydrogen) atoms. The Kier molecular flexibility index (Phi) is 5.78. The minimum atomic E-state index is -1.03. The highest BCUT2D eigenvalue weighted by molar-refractivity contribution is 5.99. The van der Waals surface area contributed by atoms with Gasteiger partial charge in [0.2, 0.25) is 11.8 Å². The topological polar surface area (TPSA) is 91.3 Å². The van der Waals surface area contributed by atoms with Crippen molar-refractivity contribution in [3.63, 3.8) is 0 Å². The van der Waals surface area contributed by atoms with Crippen molar-refractivity contribution in [3.05, 3.63) is 72.4 Å². The van der Waals surface area contributed by atoms with Crippen molar-refractivity contribution in [1.29, 1.82) is 0 Å². The number of nitrogens with one attached hydrogen (secondary N) is 2. The molecule has 2 amide bonds. The monoisotopic (exact) mass is 363 g/mol. The average molecular weight is 363 g/mol. The molecule has 2 unspecified atom stereocenters. The van der Waals surface area contributed by atoms with Crippen LogP contribution in [0.2, 0.25) is 0 Å². The number of aliphatic hydroxyl groups is 1. The van der Waals surface area contributed by atoms with Gasteiger partial charge in [0.15, 0.2) is 0 Å². The van der Waals surface area contributed by atoms with Crippen LogP contribution in [-0.2, 0) is 9.59 Å². The third-order valence-electron chi connectivity index (χ3n) is 4.38. The molecular weight excluding hydrogens is 342 g/mol. The smallest absolute Gasteiger partial charge is 0.249 e. The van der Waals surface area contributed by atoms with E-state index in [0.717, 1.165) is 16.5 Å². The molecule has 0 spiro atoms. The van der Waals surface area contributed by atoms with E-state index in [-0.39, 0.29) is 5.91 Å². The van der Waals surface area contributed by atoms with Gasteiger partial charge in [-0.05, 0) is 36.8 Å². The van der Waals surface area contributed by atoms with Gasteiger partial charge >= 0.3 is 0 Å². The second-order valence-electron chi connectivity index (χ2n) is 6.28. The molecule has 0 saturated heterocycles. The molecule has 3 aromatic rings. The highest BCUT2D eigenvalue weighted by Gasteiger charge is 2.23. The van der Waals surface area contributed by atoms with E-state index in [1.807, 2.05) is 42.5 Å². The van der Waals surface area contributed by atoms with Crippen LogP contribution in [-0.4, -0.2) is 34.6 Å². The van der Waals surface area contributed by atoms with Crippen molar-refractivity contribution >= 4 is 28.4 Å². The Hall–Kier alpha value is -3.25. The van der Waals surface area contributed by atoms with Gasteiger partial charge < -0.3 is 15.7 Å². The summed E-state index contributed by atoms with van der Waals surface area (Å²) in [5.41, 5.74) is 2.23. The zero-order valence-electron chi connectivity index (χ0n) is 14.9. The Balaban J connectivity index is 1.67. The van der Waals surface area contributed by atoms with Gasteiger partial charge in [0.25, 0.3) is 0 Å². The van der Waals surface area contributed by atoms with Crippen LogP contribution in [0.25, 0.3) is 10.9 Å². The molecule has 0 bridgehead atoms. The molecule has 1 aromatic heterocycles. The Bertz CT molecular complexity index is 944. The number of anilines is 1. The number of nitrogens with zero attached hydrogens (tertiary/aromatic N) is 1. The highest BCUT2D eigenvalue weighted by Crippen LogP contribution is 2.18. The summed E-state index contributed by atoms with van der Waals surface area (Å²) in [5.74, 6) is -1.23. The quantitative estimate of drug-likeness (QED) is 0.627. The Labute approximate surface area is 157 Å². The van der Waals surface area contributed by atoms with Gasteiger partial charge in [0, 0.05) is 17.3 Å². The first-order chi connectivity index (χ1) is 13.1. The molecule has 2 aromatic carbocycles. The second-order valence-corrected chi connectivity index (χ2v) is 6.28. The number of benzene rings is 2. The maximum absolute atomic E-state index is 12.5. The molecule has 0 radical (unpaired) electrons. The predicted molar refractivity (Wildman–Crippen MR) is 104 cm³/mol. The van der Waals surface area contributed by atoms with Gasteiger partial charge in [-0.1, -0.05) is 36.4 Å². The zero-order chi connectivity index (χ0) is 19.2. The van der Waals surface area contributed by atoms with Crippen molar-refractivity contribution in [2.75, 3.05) is 11.9 Å². The molecule has 0 aliphatic heterocycles. The Morgan fingerprint density at radius 3 is 2.56 bits per heavy atom. The van der Waals surface area contributed by atoms with E-state index in [2.05, 4.69) is 15.6 Å². The second kappa shape index (κ2) is 8.42. The summed E-state index contributed by atoms with van der Waals surface area (Å²) in [6.45, 7) is 1.27. The van der Waals surface area contributed by atoms with Gasteiger partial charge in [0.05, 0.1) is 18.0 Å². The lowest BCUT2D eigenvalue weighted by molar-refractivity contribution is -0.128. The molecule has 6 nitrogen and oxygen atoms in total. The van der Waals surface area contributed by atoms with E-state index < -0.39 is 24.5 Å². The van der Waals surface area contributed by atoms with Crippen LogP contribution in [0.5, 0.6) is 0 Å². The molecule has 1 heterocycles. The van der Waals surface area contributed by atoms with Crippen LogP contribution in [0.1, 0.15) is 18.4 Å². The number of rotatable bonds is 6. The molecule has 6 heteroatoms. The standard InChI is InChI=1S/C21H21N3O3/c1-14(15-6-3-2-4-7-15)20(26)24-19(13-25)21(27)23-17-9-10-18-16(12-17)8-5-11-22-18/h2-12,14,19,25H,13H2,1H3,(H,23,27)(H,24,26). The third kappa shape index (κ3) is 4.48. The fourth-order valence-corrected chi connectivity index (χ4v) is 2.77. The van der Waals surface area contributed by atoms with Crippen molar-refractivity contribution in [2.24, 2.45) is 0 Å². The van der Waals surface area contributed by atoms with Gasteiger partial charge in [-0.15, -0.1) is 0 Å². The van der Waals surface area contributed by atoms with Crippen molar-refractivity contribution in [3.8, 4) is 0 Å². The van der Waals surface area contributed by atoms with E-state index in [9.17, 15) is 14.7 Å². The molecule has 0 saturated carbocycles. The SMILES string of the molecule is CC(C(=O)NC(CO)C(=O)Nc1ccc2ncccc2c1)c1ccccc1. The van der Waals surface area contributed by atoms with Crippen LogP contribution < -0.4 is 10.6 Å².